The van der Waals surface area contributed by atoms with E-state index in [4.69, 9.17) is 0 Å². The van der Waals surface area contributed by atoms with Gasteiger partial charge in [0.25, 0.3) is 0 Å². The molecule has 0 aliphatic carbocycles. The van der Waals surface area contributed by atoms with Crippen LogP contribution in [0, 0.1) is 0 Å². The first-order valence-electron chi connectivity index (χ1n) is 6.54. The monoisotopic (exact) mass is 277 g/mol. The molecule has 0 atom stereocenters. The topological polar surface area (TPSA) is 21.3 Å². The van der Waals surface area contributed by atoms with Crippen LogP contribution >= 0.6 is 0 Å². The molecular weight excluding hydrogens is 260 g/mol. The molecule has 0 unspecified atom stereocenters. The van der Waals surface area contributed by atoms with Gasteiger partial charge in [0.1, 0.15) is 5.75 Å². The van der Waals surface area contributed by atoms with Crippen LogP contribution in [-0.4, -0.2) is 6.61 Å². The molecule has 0 radical (unpaired) electrons. The van der Waals surface area contributed by atoms with Gasteiger partial charge in [-0.3, -0.25) is 0 Å². The number of halogens is 2. The summed E-state index contributed by atoms with van der Waals surface area (Å²) in [7, 11) is 0. The normalized spacial score (nSPS) is 10.6. The lowest BCUT2D eigenvalue weighted by atomic mass is 10.1. The number of alkyl halides is 2. The van der Waals surface area contributed by atoms with Crippen molar-refractivity contribution in [1.82, 2.24) is 0 Å². The van der Waals surface area contributed by atoms with Gasteiger partial charge in [-0.05, 0) is 29.7 Å². The quantitative estimate of drug-likeness (QED) is 0.841. The van der Waals surface area contributed by atoms with Gasteiger partial charge in [0.05, 0.1) is 0 Å². The molecule has 0 amide bonds. The molecule has 20 heavy (non-hydrogen) atoms. The lowest BCUT2D eigenvalue weighted by molar-refractivity contribution is -0.0498. The first-order valence-corrected chi connectivity index (χ1v) is 6.54. The second-order valence-electron chi connectivity index (χ2n) is 4.43. The van der Waals surface area contributed by atoms with Gasteiger partial charge in [-0.2, -0.15) is 8.78 Å². The van der Waals surface area contributed by atoms with E-state index in [2.05, 4.69) is 41.2 Å². The van der Waals surface area contributed by atoms with Gasteiger partial charge >= 0.3 is 6.61 Å². The summed E-state index contributed by atoms with van der Waals surface area (Å²) in [4.78, 5) is 0. The smallest absolute Gasteiger partial charge is 0.387 e. The third-order valence-electron chi connectivity index (χ3n) is 2.99. The van der Waals surface area contributed by atoms with Gasteiger partial charge in [-0.25, -0.2) is 0 Å². The number of anilines is 1. The van der Waals surface area contributed by atoms with Crippen molar-refractivity contribution in [3.63, 3.8) is 0 Å². The maximum Gasteiger partial charge on any atom is 0.387 e. The van der Waals surface area contributed by atoms with Gasteiger partial charge < -0.3 is 10.1 Å². The molecule has 1 N–H and O–H groups in total. The fraction of sp³-hybridized carbons (Fsp3) is 0.250. The van der Waals surface area contributed by atoms with Crippen molar-refractivity contribution < 1.29 is 13.5 Å². The maximum absolute atomic E-state index is 12.1. The number of hydrogen-bond donors (Lipinski definition) is 1. The summed E-state index contributed by atoms with van der Waals surface area (Å²) in [6, 6.07) is 14.9. The summed E-state index contributed by atoms with van der Waals surface area (Å²) < 4.78 is 28.6. The SMILES string of the molecule is CCc1ccc(CNc2cccc(OC(F)F)c2)cc1. The highest BCUT2D eigenvalue weighted by atomic mass is 19.3. The number of nitrogens with one attached hydrogen (secondary N) is 1. The van der Waals surface area contributed by atoms with Crippen molar-refractivity contribution in [1.29, 1.82) is 0 Å². The average molecular weight is 277 g/mol. The minimum atomic E-state index is -2.80. The first kappa shape index (κ1) is 14.3. The molecule has 4 heteroatoms. The molecule has 0 bridgehead atoms. The molecule has 0 spiro atoms. The van der Waals surface area contributed by atoms with E-state index >= 15 is 0 Å². The Morgan fingerprint density at radius 1 is 1.05 bits per heavy atom. The summed E-state index contributed by atoms with van der Waals surface area (Å²) in [5.41, 5.74) is 3.19. The van der Waals surface area contributed by atoms with Crippen LogP contribution in [0.15, 0.2) is 48.5 Å². The Hall–Kier alpha value is -2.10. The van der Waals surface area contributed by atoms with Crippen LogP contribution in [0.4, 0.5) is 14.5 Å². The molecule has 0 saturated heterocycles. The van der Waals surface area contributed by atoms with E-state index < -0.39 is 6.61 Å². The van der Waals surface area contributed by atoms with Crippen molar-refractivity contribution in [2.45, 2.75) is 26.5 Å². The largest absolute Gasteiger partial charge is 0.435 e. The highest BCUT2D eigenvalue weighted by molar-refractivity contribution is 5.48. The zero-order chi connectivity index (χ0) is 14.4. The standard InChI is InChI=1S/C16H17F2NO/c1-2-12-6-8-13(9-7-12)11-19-14-4-3-5-15(10-14)20-16(17)18/h3-10,16,19H,2,11H2,1H3. The summed E-state index contributed by atoms with van der Waals surface area (Å²) >= 11 is 0. The van der Waals surface area contributed by atoms with Gasteiger partial charge in [0.2, 0.25) is 0 Å². The molecule has 2 aromatic carbocycles. The summed E-state index contributed by atoms with van der Waals surface area (Å²) in [6.45, 7) is -0.0454. The molecule has 0 heterocycles. The fourth-order valence-corrected chi connectivity index (χ4v) is 1.88. The molecule has 0 fully saturated rings. The van der Waals surface area contributed by atoms with Crippen LogP contribution in [0.1, 0.15) is 18.1 Å². The molecule has 2 aromatic rings. The lowest BCUT2D eigenvalue weighted by Crippen LogP contribution is -2.03. The van der Waals surface area contributed by atoms with Gasteiger partial charge in [-0.15, -0.1) is 0 Å². The number of aryl methyl sites for hydroxylation is 1. The van der Waals surface area contributed by atoms with Crippen LogP contribution in [0.2, 0.25) is 0 Å². The molecule has 0 aliphatic heterocycles. The fourth-order valence-electron chi connectivity index (χ4n) is 1.88. The molecule has 0 saturated carbocycles. The molecule has 2 nitrogen and oxygen atoms in total. The predicted octanol–water partition coefficient (Wildman–Crippen LogP) is 4.46. The van der Waals surface area contributed by atoms with E-state index in [1.54, 1.807) is 12.1 Å². The van der Waals surface area contributed by atoms with Crippen LogP contribution in [0.25, 0.3) is 0 Å². The van der Waals surface area contributed by atoms with E-state index in [0.29, 0.717) is 6.54 Å². The van der Waals surface area contributed by atoms with Gasteiger partial charge in [0.15, 0.2) is 0 Å². The highest BCUT2D eigenvalue weighted by Gasteiger charge is 2.04. The zero-order valence-electron chi connectivity index (χ0n) is 11.3. The van der Waals surface area contributed by atoms with Crippen LogP contribution in [0.5, 0.6) is 5.75 Å². The third-order valence-corrected chi connectivity index (χ3v) is 2.99. The average Bonchev–Trinajstić information content (AvgIpc) is 2.45. The number of benzene rings is 2. The van der Waals surface area contributed by atoms with E-state index in [1.807, 2.05) is 6.07 Å². The van der Waals surface area contributed by atoms with Crippen molar-refractivity contribution in [2.24, 2.45) is 0 Å². The highest BCUT2D eigenvalue weighted by Crippen LogP contribution is 2.20. The third kappa shape index (κ3) is 4.23. The van der Waals surface area contributed by atoms with Gasteiger partial charge in [0, 0.05) is 18.3 Å². The second-order valence-corrected chi connectivity index (χ2v) is 4.43. The Bertz CT molecular complexity index is 540. The van der Waals surface area contributed by atoms with Crippen LogP contribution in [-0.2, 0) is 13.0 Å². The minimum absolute atomic E-state index is 0.159. The van der Waals surface area contributed by atoms with E-state index in [1.165, 1.54) is 11.6 Å². The predicted molar refractivity (Wildman–Crippen MR) is 76.2 cm³/mol. The minimum Gasteiger partial charge on any atom is -0.435 e. The lowest BCUT2D eigenvalue weighted by Gasteiger charge is -2.09. The summed E-state index contributed by atoms with van der Waals surface area (Å²) in [6.07, 6.45) is 1.01. The zero-order valence-corrected chi connectivity index (χ0v) is 11.3. The molecule has 106 valence electrons. The molecule has 0 aromatic heterocycles. The number of rotatable bonds is 6. The Morgan fingerprint density at radius 2 is 1.75 bits per heavy atom. The van der Waals surface area contributed by atoms with E-state index in [0.717, 1.165) is 17.7 Å². The van der Waals surface area contributed by atoms with Crippen molar-refractivity contribution in [3.8, 4) is 5.75 Å². The second kappa shape index (κ2) is 6.89. The van der Waals surface area contributed by atoms with Crippen molar-refractivity contribution in [3.05, 3.63) is 59.7 Å². The molecule has 0 aliphatic rings. The number of hydrogen-bond acceptors (Lipinski definition) is 2. The molecular formula is C16H17F2NO. The van der Waals surface area contributed by atoms with Crippen LogP contribution < -0.4 is 10.1 Å². The number of ether oxygens (including phenoxy) is 1. The van der Waals surface area contributed by atoms with Gasteiger partial charge in [-0.1, -0.05) is 37.3 Å². The van der Waals surface area contributed by atoms with E-state index in [9.17, 15) is 8.78 Å². The van der Waals surface area contributed by atoms with E-state index in [-0.39, 0.29) is 5.75 Å². The van der Waals surface area contributed by atoms with Crippen LogP contribution in [0.3, 0.4) is 0 Å². The maximum atomic E-state index is 12.1. The Kier molecular flexibility index (Phi) is 4.93. The Morgan fingerprint density at radius 3 is 2.40 bits per heavy atom. The Balaban J connectivity index is 1.95. The Labute approximate surface area is 117 Å². The first-order chi connectivity index (χ1) is 9.67. The summed E-state index contributed by atoms with van der Waals surface area (Å²) in [5.74, 6) is 0.159. The van der Waals surface area contributed by atoms with Crippen molar-refractivity contribution >= 4 is 5.69 Å². The molecule has 2 rings (SSSR count). The van der Waals surface area contributed by atoms with Crippen molar-refractivity contribution in [2.75, 3.05) is 5.32 Å². The summed E-state index contributed by atoms with van der Waals surface area (Å²) in [5, 5.41) is 3.19.